The number of nitrogens with one attached hydrogen (secondary N) is 1. The Bertz CT molecular complexity index is 1360. The maximum absolute atomic E-state index is 13.4. The zero-order valence-electron chi connectivity index (χ0n) is 19.5. The molecule has 0 aliphatic carbocycles. The number of anilines is 1. The molecule has 0 radical (unpaired) electrons. The summed E-state index contributed by atoms with van der Waals surface area (Å²) >= 11 is 0. The zero-order valence-corrected chi connectivity index (χ0v) is 19.5. The van der Waals surface area contributed by atoms with Crippen molar-refractivity contribution in [3.63, 3.8) is 0 Å². The summed E-state index contributed by atoms with van der Waals surface area (Å²) < 4.78 is 13.2. The van der Waals surface area contributed by atoms with E-state index in [4.69, 9.17) is 10.8 Å². The Kier molecular flexibility index (Phi) is 6.13. The van der Waals surface area contributed by atoms with Crippen LogP contribution < -0.4 is 11.2 Å². The van der Waals surface area contributed by atoms with Crippen LogP contribution in [0.2, 0.25) is 0 Å². The van der Waals surface area contributed by atoms with Gasteiger partial charge in [-0.25, -0.2) is 9.37 Å². The largest absolute Gasteiger partial charge is 0.330 e. The summed E-state index contributed by atoms with van der Waals surface area (Å²) in [4.78, 5) is 40.1. The third-order valence-corrected chi connectivity index (χ3v) is 6.47. The molecular weight excluding hydrogens is 461 g/mol. The second-order valence-electron chi connectivity index (χ2n) is 8.70. The Balaban J connectivity index is 1.45. The number of halogens is 1. The van der Waals surface area contributed by atoms with Crippen LogP contribution in [0.3, 0.4) is 0 Å². The van der Waals surface area contributed by atoms with Crippen LogP contribution in [0, 0.1) is 5.82 Å². The summed E-state index contributed by atoms with van der Waals surface area (Å²) in [5.41, 5.74) is 2.48. The predicted octanol–water partition coefficient (Wildman–Crippen LogP) is 3.26. The smallest absolute Gasteiger partial charge is 0.264 e. The van der Waals surface area contributed by atoms with Crippen LogP contribution in [0.1, 0.15) is 35.2 Å². The Morgan fingerprint density at radius 1 is 1.22 bits per heavy atom. The molecule has 1 aromatic carbocycles. The second-order valence-corrected chi connectivity index (χ2v) is 8.70. The molecule has 3 aliphatic heterocycles. The van der Waals surface area contributed by atoms with Gasteiger partial charge in [0.05, 0.1) is 24.0 Å². The van der Waals surface area contributed by atoms with Gasteiger partial charge in [0.2, 0.25) is 11.6 Å². The van der Waals surface area contributed by atoms with Crippen LogP contribution in [-0.2, 0) is 4.79 Å². The molecule has 36 heavy (non-hydrogen) atoms. The van der Waals surface area contributed by atoms with Crippen molar-refractivity contribution >= 4 is 29.7 Å². The predicted molar refractivity (Wildman–Crippen MR) is 134 cm³/mol. The lowest BCUT2D eigenvalue weighted by Crippen LogP contribution is -2.53. The van der Waals surface area contributed by atoms with Crippen LogP contribution in [-0.4, -0.2) is 50.9 Å². The number of pyridine rings is 1. The van der Waals surface area contributed by atoms with E-state index in [-0.39, 0.29) is 22.4 Å². The molecule has 1 fully saturated rings. The number of benzene rings is 1. The van der Waals surface area contributed by atoms with Crippen LogP contribution >= 0.6 is 0 Å². The number of likely N-dealkylation sites (tertiary alicyclic amines) is 1. The molecule has 1 saturated heterocycles. The van der Waals surface area contributed by atoms with Crippen molar-refractivity contribution in [2.45, 2.75) is 25.3 Å². The van der Waals surface area contributed by atoms with Gasteiger partial charge in [-0.3, -0.25) is 14.6 Å². The Hall–Kier alpha value is -4.28. The molecule has 1 aromatic heterocycles. The van der Waals surface area contributed by atoms with Crippen molar-refractivity contribution < 1.29 is 18.6 Å². The minimum absolute atomic E-state index is 0.123. The number of carbonyl (C=O) groups is 2. The van der Waals surface area contributed by atoms with Crippen LogP contribution in [0.5, 0.6) is 0 Å². The van der Waals surface area contributed by atoms with Gasteiger partial charge in [0.15, 0.2) is 0 Å². The number of carbonyl (C=O) groups excluding carboxylic acids is 2. The average molecular weight is 487 g/mol. The molecule has 2 atom stereocenters. The minimum Gasteiger partial charge on any atom is -0.330 e. The number of aliphatic imine (C=N–C) groups is 2. The number of fused-ring (bicyclic) bond motifs is 1. The number of rotatable bonds is 5. The van der Waals surface area contributed by atoms with E-state index in [9.17, 15) is 14.0 Å². The molecule has 3 aliphatic rings. The van der Waals surface area contributed by atoms with Crippen molar-refractivity contribution in [1.29, 1.82) is 0 Å². The summed E-state index contributed by atoms with van der Waals surface area (Å²) in [5.74, 6) is 6.45. The van der Waals surface area contributed by atoms with E-state index in [0.717, 1.165) is 25.3 Å². The van der Waals surface area contributed by atoms with Crippen LogP contribution in [0.4, 0.5) is 10.2 Å². The molecule has 10 heteroatoms. The van der Waals surface area contributed by atoms with Crippen molar-refractivity contribution in [2.24, 2.45) is 15.8 Å². The molecule has 2 amide bonds. The van der Waals surface area contributed by atoms with Crippen LogP contribution in [0.25, 0.3) is 0 Å². The van der Waals surface area contributed by atoms with Gasteiger partial charge in [0.1, 0.15) is 23.5 Å². The van der Waals surface area contributed by atoms with E-state index < -0.39 is 11.7 Å². The van der Waals surface area contributed by atoms with E-state index in [1.54, 1.807) is 47.8 Å². The first-order valence-corrected chi connectivity index (χ1v) is 11.6. The molecule has 5 rings (SSSR count). The molecule has 0 saturated carbocycles. The summed E-state index contributed by atoms with van der Waals surface area (Å²) in [6.07, 6.45) is 10.3. The van der Waals surface area contributed by atoms with E-state index in [1.807, 2.05) is 0 Å². The topological polar surface area (TPSA) is 113 Å². The maximum atomic E-state index is 13.4. The number of nitrogens with zero attached hydrogens (tertiary/aromatic N) is 5. The summed E-state index contributed by atoms with van der Waals surface area (Å²) in [5, 5.41) is 2.58. The molecule has 182 valence electrons. The lowest BCUT2D eigenvalue weighted by atomic mass is 9.98. The fourth-order valence-electron chi connectivity index (χ4n) is 4.68. The molecule has 0 spiro atoms. The maximum Gasteiger partial charge on any atom is 0.264 e. The molecule has 9 nitrogen and oxygen atoms in total. The molecule has 0 bridgehead atoms. The lowest BCUT2D eigenvalue weighted by Gasteiger charge is -2.35. The standard InChI is InChI=1S/C26H24FN7O2/c1-2-23(35)33-13-4-3-5-20(33)24-21-16-29-12-14-34(21,28)25(32-24)17-6-8-18(9-7-17)26(36)31-22-15-19(27)10-11-30-22/h2,6-12,14-16,20H,1,3-5,13,28H2/p+1. The average Bonchev–Trinajstić information content (AvgIpc) is 3.21. The van der Waals surface area contributed by atoms with Crippen molar-refractivity contribution in [3.05, 3.63) is 96.0 Å². The van der Waals surface area contributed by atoms with Gasteiger partial charge in [-0.1, -0.05) is 6.58 Å². The van der Waals surface area contributed by atoms with Gasteiger partial charge >= 0.3 is 0 Å². The quantitative estimate of drug-likeness (QED) is 0.384. The van der Waals surface area contributed by atoms with Crippen molar-refractivity contribution in [1.82, 2.24) is 9.88 Å². The number of amidine groups is 1. The van der Waals surface area contributed by atoms with Crippen LogP contribution in [0.15, 0.2) is 89.0 Å². The van der Waals surface area contributed by atoms with Gasteiger partial charge in [-0.2, -0.15) is 10.8 Å². The second kappa shape index (κ2) is 9.40. The number of aromatic nitrogens is 1. The van der Waals surface area contributed by atoms with Crippen molar-refractivity contribution in [3.8, 4) is 0 Å². The number of hydrogen-bond donors (Lipinski definition) is 2. The van der Waals surface area contributed by atoms with Crippen molar-refractivity contribution in [2.75, 3.05) is 11.9 Å². The third kappa shape index (κ3) is 4.16. The lowest BCUT2D eigenvalue weighted by molar-refractivity contribution is -0.750. The highest BCUT2D eigenvalue weighted by Crippen LogP contribution is 2.36. The number of amides is 2. The number of quaternary nitrogens is 1. The highest BCUT2D eigenvalue weighted by atomic mass is 19.1. The summed E-state index contributed by atoms with van der Waals surface area (Å²) in [6.45, 7) is 4.27. The molecule has 2 unspecified atom stereocenters. The minimum atomic E-state index is -0.490. The van der Waals surface area contributed by atoms with E-state index in [1.165, 1.54) is 18.3 Å². The number of allylic oxidation sites excluding steroid dienone is 1. The molecule has 2 aromatic rings. The summed E-state index contributed by atoms with van der Waals surface area (Å²) in [7, 11) is 0. The fourth-order valence-corrected chi connectivity index (χ4v) is 4.68. The highest BCUT2D eigenvalue weighted by molar-refractivity contribution is 6.05. The Morgan fingerprint density at radius 3 is 2.78 bits per heavy atom. The Morgan fingerprint density at radius 2 is 2.03 bits per heavy atom. The first-order valence-electron chi connectivity index (χ1n) is 11.6. The van der Waals surface area contributed by atoms with E-state index in [2.05, 4.69) is 21.9 Å². The normalized spacial score (nSPS) is 22.8. The van der Waals surface area contributed by atoms with Gasteiger partial charge in [-0.15, -0.1) is 4.59 Å². The van der Waals surface area contributed by atoms with Gasteiger partial charge < -0.3 is 10.2 Å². The number of piperidine rings is 1. The molecule has 3 N–H and O–H groups in total. The highest BCUT2D eigenvalue weighted by Gasteiger charge is 2.47. The number of hydrogen-bond acceptors (Lipinski definition) is 6. The number of nitrogens with two attached hydrogens (primary N) is 1. The molecule has 4 heterocycles. The Labute approximate surface area is 207 Å². The monoisotopic (exact) mass is 486 g/mol. The van der Waals surface area contributed by atoms with E-state index in [0.29, 0.717) is 34.9 Å². The SMILES string of the molecule is C=CC(=O)N1CCCCC1C1=C2C=NC=C[N+]2(N)C(c2ccc(C(=O)Nc3cc(F)ccn3)cc2)=N1. The first-order chi connectivity index (χ1) is 17.4. The van der Waals surface area contributed by atoms with E-state index >= 15 is 0 Å². The first kappa shape index (κ1) is 23.5. The van der Waals surface area contributed by atoms with Gasteiger partial charge in [-0.05, 0) is 55.7 Å². The van der Waals surface area contributed by atoms with Gasteiger partial charge in [0, 0.05) is 24.4 Å². The molecular formula is C26H25FN7O2+. The third-order valence-electron chi connectivity index (χ3n) is 6.47. The fraction of sp³-hybridized carbons (Fsp3) is 0.192. The van der Waals surface area contributed by atoms with Gasteiger partial charge in [0.25, 0.3) is 11.7 Å². The summed E-state index contributed by atoms with van der Waals surface area (Å²) in [6, 6.07) is 8.92. The zero-order chi connectivity index (χ0) is 25.3.